The molecule has 0 radical (unpaired) electrons. The zero-order chi connectivity index (χ0) is 16.2. The lowest BCUT2D eigenvalue weighted by atomic mass is 10.1. The lowest BCUT2D eigenvalue weighted by Crippen LogP contribution is -2.23. The summed E-state index contributed by atoms with van der Waals surface area (Å²) in [6, 6.07) is 12.0. The Morgan fingerprint density at radius 3 is 2.67 bits per heavy atom. The van der Waals surface area contributed by atoms with E-state index in [1.165, 1.54) is 11.1 Å². The number of hydrogen-bond donors (Lipinski definition) is 2. The van der Waals surface area contributed by atoms with Crippen LogP contribution in [-0.2, 0) is 6.42 Å². The second-order valence-corrected chi connectivity index (χ2v) is 5.56. The minimum atomic E-state index is 0. The summed E-state index contributed by atoms with van der Waals surface area (Å²) in [4.78, 5) is 4.36. The van der Waals surface area contributed by atoms with Gasteiger partial charge in [0.25, 0.3) is 0 Å². The normalized spacial score (nSPS) is 11.3. The molecule has 0 atom stereocenters. The van der Waals surface area contributed by atoms with Crippen LogP contribution in [0.5, 0.6) is 0 Å². The summed E-state index contributed by atoms with van der Waals surface area (Å²) < 4.78 is 1.96. The van der Waals surface area contributed by atoms with E-state index in [9.17, 15) is 0 Å². The Labute approximate surface area is 158 Å². The highest BCUT2D eigenvalue weighted by Gasteiger charge is 2.04. The number of halogens is 1. The van der Waals surface area contributed by atoms with Crippen molar-refractivity contribution in [2.24, 2.45) is 10.7 Å². The summed E-state index contributed by atoms with van der Waals surface area (Å²) in [5.74, 6) is 1.28. The first kappa shape index (κ1) is 18.2. The standard InChI is InChI=1S/C17H20N6.HI/c1-12-9-13(2)11-14(10-12)20-17(18)19-7-6-16-22-21-15-5-3-4-8-23(15)16;/h3-5,8-11H,6-7H2,1-2H3,(H3,18,19,20);1H. The first-order chi connectivity index (χ1) is 11.1. The molecule has 0 aliphatic heterocycles. The number of rotatable bonds is 4. The zero-order valence-electron chi connectivity index (χ0n) is 13.7. The van der Waals surface area contributed by atoms with Crippen LogP contribution >= 0.6 is 24.0 Å². The van der Waals surface area contributed by atoms with E-state index in [0.29, 0.717) is 18.9 Å². The molecule has 3 aromatic rings. The Morgan fingerprint density at radius 2 is 1.92 bits per heavy atom. The SMILES string of the molecule is Cc1cc(C)cc(NC(N)=NCCc2nnc3ccccn23)c1.I. The second kappa shape index (κ2) is 8.09. The molecule has 24 heavy (non-hydrogen) atoms. The maximum absolute atomic E-state index is 5.95. The first-order valence-corrected chi connectivity index (χ1v) is 7.56. The van der Waals surface area contributed by atoms with Crippen LogP contribution < -0.4 is 11.1 Å². The third kappa shape index (κ3) is 4.44. The van der Waals surface area contributed by atoms with Gasteiger partial charge in [0, 0.05) is 24.8 Å². The summed E-state index contributed by atoms with van der Waals surface area (Å²) in [5, 5.41) is 11.4. The molecule has 6 nitrogen and oxygen atoms in total. The molecule has 0 unspecified atom stereocenters. The van der Waals surface area contributed by atoms with E-state index in [4.69, 9.17) is 5.73 Å². The molecule has 0 amide bonds. The molecule has 3 rings (SSSR count). The number of nitrogens with one attached hydrogen (secondary N) is 1. The predicted octanol–water partition coefficient (Wildman–Crippen LogP) is 2.93. The lowest BCUT2D eigenvalue weighted by molar-refractivity contribution is 0.847. The largest absolute Gasteiger partial charge is 0.370 e. The van der Waals surface area contributed by atoms with Crippen LogP contribution in [0.3, 0.4) is 0 Å². The van der Waals surface area contributed by atoms with Gasteiger partial charge >= 0.3 is 0 Å². The van der Waals surface area contributed by atoms with Gasteiger partial charge in [-0.25, -0.2) is 0 Å². The molecule has 2 heterocycles. The highest BCUT2D eigenvalue weighted by Crippen LogP contribution is 2.13. The Bertz CT molecular complexity index is 835. The number of hydrogen-bond acceptors (Lipinski definition) is 3. The summed E-state index contributed by atoms with van der Waals surface area (Å²) in [7, 11) is 0. The fourth-order valence-electron chi connectivity index (χ4n) is 2.57. The van der Waals surface area contributed by atoms with Gasteiger partial charge in [0.1, 0.15) is 5.82 Å². The molecule has 0 saturated heterocycles. The number of pyridine rings is 1. The van der Waals surface area contributed by atoms with Gasteiger partial charge in [-0.05, 0) is 49.2 Å². The van der Waals surface area contributed by atoms with Crippen molar-refractivity contribution in [3.05, 3.63) is 59.5 Å². The fraction of sp³-hybridized carbons (Fsp3) is 0.235. The van der Waals surface area contributed by atoms with Crippen molar-refractivity contribution >= 4 is 41.3 Å². The molecule has 1 aromatic carbocycles. The quantitative estimate of drug-likeness (QED) is 0.375. The van der Waals surface area contributed by atoms with E-state index in [0.717, 1.165) is 17.2 Å². The monoisotopic (exact) mass is 436 g/mol. The van der Waals surface area contributed by atoms with Gasteiger partial charge in [-0.3, -0.25) is 9.39 Å². The number of nitrogens with two attached hydrogens (primary N) is 1. The fourth-order valence-corrected chi connectivity index (χ4v) is 2.57. The number of fused-ring (bicyclic) bond motifs is 1. The molecule has 0 spiro atoms. The smallest absolute Gasteiger partial charge is 0.193 e. The van der Waals surface area contributed by atoms with Gasteiger partial charge in [-0.15, -0.1) is 34.2 Å². The molecular weight excluding hydrogens is 415 g/mol. The average Bonchev–Trinajstić information content (AvgIpc) is 2.90. The molecule has 7 heteroatoms. The maximum Gasteiger partial charge on any atom is 0.193 e. The van der Waals surface area contributed by atoms with E-state index in [-0.39, 0.29) is 24.0 Å². The van der Waals surface area contributed by atoms with Gasteiger partial charge in [-0.2, -0.15) is 0 Å². The number of aryl methyl sites for hydroxylation is 2. The summed E-state index contributed by atoms with van der Waals surface area (Å²) in [6.45, 7) is 4.67. The maximum atomic E-state index is 5.95. The highest BCUT2D eigenvalue weighted by molar-refractivity contribution is 14.0. The second-order valence-electron chi connectivity index (χ2n) is 5.56. The van der Waals surface area contributed by atoms with Crippen molar-refractivity contribution in [2.75, 3.05) is 11.9 Å². The van der Waals surface area contributed by atoms with Crippen molar-refractivity contribution in [1.29, 1.82) is 0 Å². The van der Waals surface area contributed by atoms with Crippen LogP contribution in [0.4, 0.5) is 5.69 Å². The van der Waals surface area contributed by atoms with Crippen LogP contribution in [0.15, 0.2) is 47.6 Å². The molecule has 0 fully saturated rings. The lowest BCUT2D eigenvalue weighted by Gasteiger charge is -2.07. The molecule has 0 bridgehead atoms. The Morgan fingerprint density at radius 1 is 1.17 bits per heavy atom. The molecule has 3 N–H and O–H groups in total. The topological polar surface area (TPSA) is 80.6 Å². The molecular formula is C17H21IN6. The summed E-state index contributed by atoms with van der Waals surface area (Å²) >= 11 is 0. The van der Waals surface area contributed by atoms with Gasteiger partial charge in [0.2, 0.25) is 0 Å². The van der Waals surface area contributed by atoms with Crippen molar-refractivity contribution in [3.63, 3.8) is 0 Å². The third-order valence-corrected chi connectivity index (χ3v) is 3.50. The van der Waals surface area contributed by atoms with E-state index in [1.54, 1.807) is 0 Å². The molecule has 0 aliphatic carbocycles. The van der Waals surface area contributed by atoms with E-state index in [1.807, 2.05) is 40.9 Å². The van der Waals surface area contributed by atoms with Crippen molar-refractivity contribution in [2.45, 2.75) is 20.3 Å². The predicted molar refractivity (Wildman–Crippen MR) is 108 cm³/mol. The molecule has 0 aliphatic rings. The number of aliphatic imine (C=N–C) groups is 1. The minimum absolute atomic E-state index is 0. The van der Waals surface area contributed by atoms with Gasteiger partial charge in [0.05, 0.1) is 0 Å². The van der Waals surface area contributed by atoms with Gasteiger partial charge < -0.3 is 11.1 Å². The Hall–Kier alpha value is -2.16. The zero-order valence-corrected chi connectivity index (χ0v) is 16.1. The number of guanidine groups is 1. The highest BCUT2D eigenvalue weighted by atomic mass is 127. The third-order valence-electron chi connectivity index (χ3n) is 3.50. The van der Waals surface area contributed by atoms with Crippen molar-refractivity contribution in [3.8, 4) is 0 Å². The van der Waals surface area contributed by atoms with Crippen LogP contribution in [-0.4, -0.2) is 27.1 Å². The summed E-state index contributed by atoms with van der Waals surface area (Å²) in [6.07, 6.45) is 2.63. The van der Waals surface area contributed by atoms with Crippen LogP contribution in [0.25, 0.3) is 5.65 Å². The number of aromatic nitrogens is 3. The summed E-state index contributed by atoms with van der Waals surface area (Å²) in [5.41, 5.74) is 10.1. The Balaban J connectivity index is 0.00000208. The van der Waals surface area contributed by atoms with E-state index < -0.39 is 0 Å². The number of anilines is 1. The minimum Gasteiger partial charge on any atom is -0.370 e. The Kier molecular flexibility index (Phi) is 6.13. The van der Waals surface area contributed by atoms with Gasteiger partial charge in [-0.1, -0.05) is 12.1 Å². The van der Waals surface area contributed by atoms with Gasteiger partial charge in [0.15, 0.2) is 11.6 Å². The van der Waals surface area contributed by atoms with E-state index in [2.05, 4.69) is 40.4 Å². The number of benzene rings is 1. The van der Waals surface area contributed by atoms with Crippen molar-refractivity contribution in [1.82, 2.24) is 14.6 Å². The molecule has 0 saturated carbocycles. The van der Waals surface area contributed by atoms with Crippen LogP contribution in [0.2, 0.25) is 0 Å². The van der Waals surface area contributed by atoms with Crippen LogP contribution in [0, 0.1) is 13.8 Å². The first-order valence-electron chi connectivity index (χ1n) is 7.56. The average molecular weight is 436 g/mol. The van der Waals surface area contributed by atoms with Crippen molar-refractivity contribution < 1.29 is 0 Å². The molecule has 2 aromatic heterocycles. The molecule has 126 valence electrons. The van der Waals surface area contributed by atoms with Crippen LogP contribution in [0.1, 0.15) is 17.0 Å². The number of nitrogens with zero attached hydrogens (tertiary/aromatic N) is 4. The van der Waals surface area contributed by atoms with E-state index >= 15 is 0 Å².